The van der Waals surface area contributed by atoms with Crippen molar-refractivity contribution in [2.45, 2.75) is 25.8 Å². The van der Waals surface area contributed by atoms with Crippen LogP contribution in [0.2, 0.25) is 0 Å². The predicted octanol–water partition coefficient (Wildman–Crippen LogP) is -0.634. The zero-order chi connectivity index (χ0) is 12.9. The van der Waals surface area contributed by atoms with Gasteiger partial charge in [0.15, 0.2) is 0 Å². The maximum Gasteiger partial charge on any atom is 0.329 e. The molecule has 3 amide bonds. The molecular weight excluding hydrogens is 214 g/mol. The SMILES string of the molecule is CN(C(=O)NCCC(N)=O)C(C)(C)C(=O)O. The molecule has 0 rings (SSSR count). The minimum Gasteiger partial charge on any atom is -0.480 e. The van der Waals surface area contributed by atoms with Crippen LogP contribution >= 0.6 is 0 Å². The lowest BCUT2D eigenvalue weighted by Crippen LogP contribution is -2.54. The number of aliphatic carboxylic acids is 1. The van der Waals surface area contributed by atoms with Crippen molar-refractivity contribution >= 4 is 17.9 Å². The highest BCUT2D eigenvalue weighted by molar-refractivity contribution is 5.85. The number of carbonyl (C=O) groups excluding carboxylic acids is 2. The molecule has 0 atom stereocenters. The molecule has 0 bridgehead atoms. The topological polar surface area (TPSA) is 113 Å². The minimum absolute atomic E-state index is 0.0209. The first kappa shape index (κ1) is 14.2. The molecule has 7 heteroatoms. The lowest BCUT2D eigenvalue weighted by atomic mass is 10.1. The number of nitrogens with two attached hydrogens (primary N) is 1. The molecule has 0 unspecified atom stereocenters. The van der Waals surface area contributed by atoms with E-state index >= 15 is 0 Å². The van der Waals surface area contributed by atoms with Crippen molar-refractivity contribution < 1.29 is 19.5 Å². The van der Waals surface area contributed by atoms with E-state index < -0.39 is 23.4 Å². The third-order valence-corrected chi connectivity index (χ3v) is 2.31. The summed E-state index contributed by atoms with van der Waals surface area (Å²) in [6.45, 7) is 2.90. The zero-order valence-electron chi connectivity index (χ0n) is 9.61. The van der Waals surface area contributed by atoms with E-state index in [0.29, 0.717) is 0 Å². The molecule has 0 aromatic carbocycles. The van der Waals surface area contributed by atoms with Crippen LogP contribution in [0, 0.1) is 0 Å². The van der Waals surface area contributed by atoms with Crippen LogP contribution < -0.4 is 11.1 Å². The average Bonchev–Trinajstić information content (AvgIpc) is 2.15. The Morgan fingerprint density at radius 3 is 2.25 bits per heavy atom. The first-order valence-corrected chi connectivity index (χ1v) is 4.73. The molecule has 0 fully saturated rings. The molecule has 0 aromatic rings. The number of likely N-dealkylation sites (N-methyl/N-ethyl adjacent to an activating group) is 1. The molecule has 4 N–H and O–H groups in total. The van der Waals surface area contributed by atoms with Crippen molar-refractivity contribution in [3.63, 3.8) is 0 Å². The third-order valence-electron chi connectivity index (χ3n) is 2.31. The van der Waals surface area contributed by atoms with Crippen molar-refractivity contribution in [2.24, 2.45) is 5.73 Å². The van der Waals surface area contributed by atoms with Crippen LogP contribution in [0.5, 0.6) is 0 Å². The molecule has 0 aliphatic rings. The van der Waals surface area contributed by atoms with E-state index in [2.05, 4.69) is 5.32 Å². The van der Waals surface area contributed by atoms with Gasteiger partial charge in [-0.25, -0.2) is 9.59 Å². The van der Waals surface area contributed by atoms with Crippen LogP contribution in [0.15, 0.2) is 0 Å². The van der Waals surface area contributed by atoms with Crippen LogP contribution in [0.4, 0.5) is 4.79 Å². The number of carbonyl (C=O) groups is 3. The van der Waals surface area contributed by atoms with Gasteiger partial charge in [0.2, 0.25) is 5.91 Å². The number of urea groups is 1. The van der Waals surface area contributed by atoms with Gasteiger partial charge in [-0.1, -0.05) is 0 Å². The van der Waals surface area contributed by atoms with Crippen molar-refractivity contribution in [1.29, 1.82) is 0 Å². The first-order chi connectivity index (χ1) is 7.19. The van der Waals surface area contributed by atoms with Crippen molar-refractivity contribution in [3.8, 4) is 0 Å². The number of carboxylic acids is 1. The first-order valence-electron chi connectivity index (χ1n) is 4.73. The van der Waals surface area contributed by atoms with Crippen molar-refractivity contribution in [1.82, 2.24) is 10.2 Å². The summed E-state index contributed by atoms with van der Waals surface area (Å²) in [7, 11) is 1.37. The second kappa shape index (κ2) is 5.34. The van der Waals surface area contributed by atoms with E-state index in [1.165, 1.54) is 20.9 Å². The van der Waals surface area contributed by atoms with Gasteiger partial charge in [0, 0.05) is 20.0 Å². The highest BCUT2D eigenvalue weighted by Crippen LogP contribution is 2.12. The lowest BCUT2D eigenvalue weighted by Gasteiger charge is -2.31. The van der Waals surface area contributed by atoms with Gasteiger partial charge in [0.25, 0.3) is 0 Å². The van der Waals surface area contributed by atoms with Crippen LogP contribution in [-0.2, 0) is 9.59 Å². The second-order valence-corrected chi connectivity index (χ2v) is 3.87. The standard InChI is InChI=1S/C9H17N3O4/c1-9(2,7(14)15)12(3)8(16)11-5-4-6(10)13/h4-5H2,1-3H3,(H2,10,13)(H,11,16)(H,14,15). The predicted molar refractivity (Wildman–Crippen MR) is 56.7 cm³/mol. The largest absolute Gasteiger partial charge is 0.480 e. The molecule has 0 aromatic heterocycles. The molecule has 92 valence electrons. The fourth-order valence-corrected chi connectivity index (χ4v) is 0.809. The number of hydrogen-bond donors (Lipinski definition) is 3. The number of primary amides is 1. The maximum atomic E-state index is 11.5. The van der Waals surface area contributed by atoms with Gasteiger partial charge in [-0.05, 0) is 13.8 Å². The molecule has 0 spiro atoms. The van der Waals surface area contributed by atoms with Gasteiger partial charge in [0.05, 0.1) is 0 Å². The second-order valence-electron chi connectivity index (χ2n) is 3.87. The summed E-state index contributed by atoms with van der Waals surface area (Å²) in [5.74, 6) is -1.64. The maximum absolute atomic E-state index is 11.5. The van der Waals surface area contributed by atoms with Gasteiger partial charge in [-0.2, -0.15) is 0 Å². The van der Waals surface area contributed by atoms with Crippen molar-refractivity contribution in [3.05, 3.63) is 0 Å². The van der Waals surface area contributed by atoms with Gasteiger partial charge in [0.1, 0.15) is 5.54 Å². The van der Waals surface area contributed by atoms with Gasteiger partial charge in [-0.15, -0.1) is 0 Å². The molecule has 0 heterocycles. The quantitative estimate of drug-likeness (QED) is 0.584. The Hall–Kier alpha value is -1.79. The highest BCUT2D eigenvalue weighted by Gasteiger charge is 2.35. The number of rotatable bonds is 5. The number of hydrogen-bond acceptors (Lipinski definition) is 3. The lowest BCUT2D eigenvalue weighted by molar-refractivity contribution is -0.146. The van der Waals surface area contributed by atoms with E-state index in [0.717, 1.165) is 4.90 Å². The Morgan fingerprint density at radius 2 is 1.88 bits per heavy atom. The summed E-state index contributed by atoms with van der Waals surface area (Å²) >= 11 is 0. The summed E-state index contributed by atoms with van der Waals surface area (Å²) in [4.78, 5) is 33.8. The molecule has 16 heavy (non-hydrogen) atoms. The van der Waals surface area contributed by atoms with Gasteiger partial charge >= 0.3 is 12.0 Å². The summed E-state index contributed by atoms with van der Waals surface area (Å²) in [6.07, 6.45) is 0.0209. The summed E-state index contributed by atoms with van der Waals surface area (Å²) in [5.41, 5.74) is 3.58. The molecular formula is C9H17N3O4. The van der Waals surface area contributed by atoms with Crippen LogP contribution in [0.3, 0.4) is 0 Å². The fourth-order valence-electron chi connectivity index (χ4n) is 0.809. The monoisotopic (exact) mass is 231 g/mol. The van der Waals surface area contributed by atoms with Gasteiger partial charge in [-0.3, -0.25) is 4.79 Å². The Bertz CT molecular complexity index is 301. The van der Waals surface area contributed by atoms with Crippen molar-refractivity contribution in [2.75, 3.05) is 13.6 Å². The number of nitrogens with zero attached hydrogens (tertiary/aromatic N) is 1. The number of nitrogens with one attached hydrogen (secondary N) is 1. The van der Waals surface area contributed by atoms with Gasteiger partial charge < -0.3 is 21.1 Å². The Kier molecular flexibility index (Phi) is 4.74. The number of carboxylic acid groups (broad SMARTS) is 1. The summed E-state index contributed by atoms with van der Waals surface area (Å²) in [6, 6.07) is -0.561. The van der Waals surface area contributed by atoms with Crippen LogP contribution in [0.1, 0.15) is 20.3 Å². The number of amides is 3. The van der Waals surface area contributed by atoms with Crippen LogP contribution in [0.25, 0.3) is 0 Å². The molecule has 7 nitrogen and oxygen atoms in total. The van der Waals surface area contributed by atoms with E-state index in [1.807, 2.05) is 0 Å². The van der Waals surface area contributed by atoms with E-state index in [-0.39, 0.29) is 13.0 Å². The Balaban J connectivity index is 4.29. The summed E-state index contributed by atoms with van der Waals surface area (Å²) in [5, 5.41) is 11.3. The Morgan fingerprint density at radius 1 is 1.38 bits per heavy atom. The molecule has 0 saturated carbocycles. The molecule has 0 aliphatic heterocycles. The van der Waals surface area contributed by atoms with E-state index in [4.69, 9.17) is 10.8 Å². The third kappa shape index (κ3) is 3.76. The van der Waals surface area contributed by atoms with E-state index in [1.54, 1.807) is 0 Å². The fraction of sp³-hybridized carbons (Fsp3) is 0.667. The zero-order valence-corrected chi connectivity index (χ0v) is 9.61. The van der Waals surface area contributed by atoms with E-state index in [9.17, 15) is 14.4 Å². The van der Waals surface area contributed by atoms with Crippen LogP contribution in [-0.4, -0.2) is 47.0 Å². The molecule has 0 saturated heterocycles. The normalized spacial score (nSPS) is 10.7. The Labute approximate surface area is 93.6 Å². The molecule has 0 radical (unpaired) electrons. The summed E-state index contributed by atoms with van der Waals surface area (Å²) < 4.78 is 0. The smallest absolute Gasteiger partial charge is 0.329 e. The minimum atomic E-state index is -1.31. The highest BCUT2D eigenvalue weighted by atomic mass is 16.4. The molecule has 0 aliphatic carbocycles. The average molecular weight is 231 g/mol.